The molecule has 1 aromatic carbocycles. The summed E-state index contributed by atoms with van der Waals surface area (Å²) in [5.74, 6) is 0.0161. The van der Waals surface area contributed by atoms with Gasteiger partial charge in [-0.1, -0.05) is 35.1 Å². The number of nitrogens with one attached hydrogen (secondary N) is 1. The molecule has 1 N–H and O–H groups in total. The van der Waals surface area contributed by atoms with Crippen molar-refractivity contribution in [2.75, 3.05) is 23.3 Å². The van der Waals surface area contributed by atoms with Gasteiger partial charge in [0.05, 0.1) is 10.7 Å². The molecule has 8 heteroatoms. The molecule has 4 rings (SSSR count). The number of para-hydroxylation sites is 1. The number of anilines is 2. The van der Waals surface area contributed by atoms with Gasteiger partial charge in [-0.3, -0.25) is 9.36 Å². The number of aromatic nitrogens is 3. The summed E-state index contributed by atoms with van der Waals surface area (Å²) in [5.41, 5.74) is 0.669. The van der Waals surface area contributed by atoms with Crippen molar-refractivity contribution in [3.8, 4) is 5.13 Å². The van der Waals surface area contributed by atoms with Gasteiger partial charge in [0.25, 0.3) is 0 Å². The predicted molar refractivity (Wildman–Crippen MR) is 104 cm³/mol. The summed E-state index contributed by atoms with van der Waals surface area (Å²) < 4.78 is 1.95. The Bertz CT molecular complexity index is 887. The van der Waals surface area contributed by atoms with E-state index in [0.717, 1.165) is 36.2 Å². The Morgan fingerprint density at radius 3 is 2.50 bits per heavy atom. The number of hydrogen-bond donors (Lipinski definition) is 1. The summed E-state index contributed by atoms with van der Waals surface area (Å²) in [6, 6.07) is 11.2. The fourth-order valence-corrected chi connectivity index (χ4v) is 4.08. The Hall–Kier alpha value is -2.38. The van der Waals surface area contributed by atoms with E-state index in [-0.39, 0.29) is 11.8 Å². The van der Waals surface area contributed by atoms with Crippen molar-refractivity contribution in [2.45, 2.75) is 12.8 Å². The number of piperidine rings is 1. The normalized spacial score (nSPS) is 15.2. The number of carbonyl (C=O) groups is 1. The molecule has 1 aliphatic rings. The third-order valence-corrected chi connectivity index (χ3v) is 5.82. The van der Waals surface area contributed by atoms with Crippen LogP contribution >= 0.6 is 22.9 Å². The van der Waals surface area contributed by atoms with Crippen molar-refractivity contribution >= 4 is 39.7 Å². The molecule has 3 heterocycles. The largest absolute Gasteiger partial charge is 0.347 e. The molecule has 1 saturated heterocycles. The number of amides is 1. The Balaban J connectivity index is 1.35. The standard InChI is InChI=1S/C18H18ClN5OS/c19-14-5-1-2-6-15(14)20-16(25)13-7-11-24(12-8-13)18-22-21-17(26-18)23-9-3-4-10-23/h1-6,9-10,13H,7-8,11-12H2,(H,20,25). The summed E-state index contributed by atoms with van der Waals surface area (Å²) in [7, 11) is 0. The number of benzene rings is 1. The summed E-state index contributed by atoms with van der Waals surface area (Å²) in [5, 5.41) is 13.8. The van der Waals surface area contributed by atoms with Crippen molar-refractivity contribution in [3.63, 3.8) is 0 Å². The topological polar surface area (TPSA) is 63.1 Å². The van der Waals surface area contributed by atoms with Crippen LogP contribution in [0.15, 0.2) is 48.8 Å². The summed E-state index contributed by atoms with van der Waals surface area (Å²) >= 11 is 7.68. The maximum Gasteiger partial charge on any atom is 0.227 e. The SMILES string of the molecule is O=C(Nc1ccccc1Cl)C1CCN(c2nnc(-n3cccc3)s2)CC1. The summed E-state index contributed by atoms with van der Waals surface area (Å²) in [4.78, 5) is 14.7. The Labute approximate surface area is 160 Å². The first-order chi connectivity index (χ1) is 12.7. The Kier molecular flexibility index (Phi) is 4.90. The highest BCUT2D eigenvalue weighted by atomic mass is 35.5. The molecule has 134 valence electrons. The lowest BCUT2D eigenvalue weighted by Gasteiger charge is -2.30. The van der Waals surface area contributed by atoms with Crippen LogP contribution in [0, 0.1) is 5.92 Å². The maximum atomic E-state index is 12.5. The first kappa shape index (κ1) is 17.1. The van der Waals surface area contributed by atoms with Gasteiger partial charge in [0.15, 0.2) is 0 Å². The van der Waals surface area contributed by atoms with Gasteiger partial charge >= 0.3 is 0 Å². The first-order valence-electron chi connectivity index (χ1n) is 8.48. The summed E-state index contributed by atoms with van der Waals surface area (Å²) in [6.45, 7) is 1.59. The van der Waals surface area contributed by atoms with Crippen LogP contribution in [-0.4, -0.2) is 33.8 Å². The third kappa shape index (κ3) is 3.59. The maximum absolute atomic E-state index is 12.5. The van der Waals surface area contributed by atoms with Crippen molar-refractivity contribution in [1.82, 2.24) is 14.8 Å². The number of halogens is 1. The van der Waals surface area contributed by atoms with Crippen LogP contribution in [0.5, 0.6) is 0 Å². The lowest BCUT2D eigenvalue weighted by Crippen LogP contribution is -2.38. The minimum absolute atomic E-state index is 0.0145. The molecule has 1 aliphatic heterocycles. The second-order valence-corrected chi connectivity index (χ2v) is 7.53. The molecule has 6 nitrogen and oxygen atoms in total. The molecule has 2 aromatic heterocycles. The van der Waals surface area contributed by atoms with E-state index in [4.69, 9.17) is 11.6 Å². The highest BCUT2D eigenvalue weighted by molar-refractivity contribution is 7.17. The number of nitrogens with zero attached hydrogens (tertiary/aromatic N) is 4. The molecular formula is C18H18ClN5OS. The van der Waals surface area contributed by atoms with Crippen molar-refractivity contribution < 1.29 is 4.79 Å². The summed E-state index contributed by atoms with van der Waals surface area (Å²) in [6.07, 6.45) is 5.48. The van der Waals surface area contributed by atoms with E-state index >= 15 is 0 Å². The number of carbonyl (C=O) groups excluding carboxylic acids is 1. The molecule has 0 bridgehead atoms. The van der Waals surface area contributed by atoms with Gasteiger partial charge in [-0.2, -0.15) is 0 Å². The molecule has 0 atom stereocenters. The zero-order chi connectivity index (χ0) is 17.9. The van der Waals surface area contributed by atoms with E-state index in [9.17, 15) is 4.79 Å². The highest BCUT2D eigenvalue weighted by Gasteiger charge is 2.27. The van der Waals surface area contributed by atoms with E-state index in [1.165, 1.54) is 0 Å². The zero-order valence-electron chi connectivity index (χ0n) is 14.0. The van der Waals surface area contributed by atoms with Crippen LogP contribution in [0.2, 0.25) is 5.02 Å². The zero-order valence-corrected chi connectivity index (χ0v) is 15.6. The molecule has 0 aliphatic carbocycles. The van der Waals surface area contributed by atoms with Crippen LogP contribution in [-0.2, 0) is 4.79 Å². The van der Waals surface area contributed by atoms with Crippen molar-refractivity contribution in [1.29, 1.82) is 0 Å². The molecular weight excluding hydrogens is 370 g/mol. The average molecular weight is 388 g/mol. The fourth-order valence-electron chi connectivity index (χ4n) is 3.03. The lowest BCUT2D eigenvalue weighted by molar-refractivity contribution is -0.120. The van der Waals surface area contributed by atoms with Crippen LogP contribution in [0.25, 0.3) is 5.13 Å². The van der Waals surface area contributed by atoms with Gasteiger partial charge in [0.1, 0.15) is 0 Å². The second-order valence-electron chi connectivity index (χ2n) is 6.19. The van der Waals surface area contributed by atoms with E-state index in [1.54, 1.807) is 17.4 Å². The molecule has 3 aromatic rings. The van der Waals surface area contributed by atoms with Crippen LogP contribution in [0.1, 0.15) is 12.8 Å². The van der Waals surface area contributed by atoms with Gasteiger partial charge in [-0.25, -0.2) is 0 Å². The van der Waals surface area contributed by atoms with Crippen LogP contribution < -0.4 is 10.2 Å². The van der Waals surface area contributed by atoms with E-state index in [1.807, 2.05) is 47.3 Å². The first-order valence-corrected chi connectivity index (χ1v) is 9.67. The van der Waals surface area contributed by atoms with E-state index in [0.29, 0.717) is 10.7 Å². The lowest BCUT2D eigenvalue weighted by atomic mass is 9.96. The third-order valence-electron chi connectivity index (χ3n) is 4.50. The predicted octanol–water partition coefficient (Wildman–Crippen LogP) is 3.84. The highest BCUT2D eigenvalue weighted by Crippen LogP contribution is 2.29. The van der Waals surface area contributed by atoms with Crippen LogP contribution in [0.4, 0.5) is 10.8 Å². The van der Waals surface area contributed by atoms with Crippen LogP contribution in [0.3, 0.4) is 0 Å². The van der Waals surface area contributed by atoms with Gasteiger partial charge in [-0.05, 0) is 37.1 Å². The van der Waals surface area contributed by atoms with E-state index < -0.39 is 0 Å². The minimum atomic E-state index is -0.0145. The van der Waals surface area contributed by atoms with Crippen molar-refractivity contribution in [3.05, 3.63) is 53.8 Å². The van der Waals surface area contributed by atoms with Gasteiger partial charge < -0.3 is 10.2 Å². The monoisotopic (exact) mass is 387 g/mol. The Morgan fingerprint density at radius 2 is 1.77 bits per heavy atom. The fraction of sp³-hybridized carbons (Fsp3) is 0.278. The minimum Gasteiger partial charge on any atom is -0.347 e. The average Bonchev–Trinajstić information content (AvgIpc) is 3.35. The Morgan fingerprint density at radius 1 is 1.08 bits per heavy atom. The molecule has 1 amide bonds. The van der Waals surface area contributed by atoms with Gasteiger partial charge in [0.2, 0.25) is 16.2 Å². The molecule has 0 unspecified atom stereocenters. The quantitative estimate of drug-likeness (QED) is 0.738. The molecule has 0 spiro atoms. The second kappa shape index (κ2) is 7.47. The van der Waals surface area contributed by atoms with E-state index in [2.05, 4.69) is 20.4 Å². The molecule has 26 heavy (non-hydrogen) atoms. The smallest absolute Gasteiger partial charge is 0.227 e. The van der Waals surface area contributed by atoms with Crippen molar-refractivity contribution in [2.24, 2.45) is 5.92 Å². The molecule has 0 radical (unpaired) electrons. The molecule has 0 saturated carbocycles. The molecule has 1 fully saturated rings. The number of rotatable bonds is 4. The number of hydrogen-bond acceptors (Lipinski definition) is 5. The van der Waals surface area contributed by atoms with Gasteiger partial charge in [0, 0.05) is 31.4 Å². The van der Waals surface area contributed by atoms with Gasteiger partial charge in [-0.15, -0.1) is 10.2 Å².